The molecule has 7 heteroatoms. The van der Waals surface area contributed by atoms with E-state index >= 15 is 0 Å². The van der Waals surface area contributed by atoms with Crippen LogP contribution in [-0.4, -0.2) is 36.1 Å². The average Bonchev–Trinajstić information content (AvgIpc) is 2.79. The Morgan fingerprint density at radius 3 is 2.75 bits per heavy atom. The highest BCUT2D eigenvalue weighted by Crippen LogP contribution is 2.28. The minimum Gasteiger partial charge on any atom is -0.496 e. The van der Waals surface area contributed by atoms with E-state index in [1.807, 2.05) is 50.2 Å². The number of aromatic nitrogens is 2. The molecule has 3 aromatic rings. The lowest BCUT2D eigenvalue weighted by Crippen LogP contribution is -2.24. The van der Waals surface area contributed by atoms with Crippen LogP contribution in [0.25, 0.3) is 11.3 Å². The van der Waals surface area contributed by atoms with Crippen molar-refractivity contribution < 1.29 is 14.3 Å². The first-order chi connectivity index (χ1) is 15.5. The van der Waals surface area contributed by atoms with Gasteiger partial charge in [-0.25, -0.2) is 9.97 Å². The number of hydrogen-bond acceptors (Lipinski definition) is 6. The van der Waals surface area contributed by atoms with Gasteiger partial charge in [0.05, 0.1) is 19.4 Å². The lowest BCUT2D eigenvalue weighted by atomic mass is 10.00. The van der Waals surface area contributed by atoms with Gasteiger partial charge in [0.2, 0.25) is 5.95 Å². The molecule has 0 unspecified atom stereocenters. The van der Waals surface area contributed by atoms with Crippen molar-refractivity contribution in [2.75, 3.05) is 25.6 Å². The Bertz CT molecular complexity index is 1130. The highest BCUT2D eigenvalue weighted by molar-refractivity contribution is 5.95. The van der Waals surface area contributed by atoms with E-state index < -0.39 is 0 Å². The third-order valence-corrected chi connectivity index (χ3v) is 5.51. The molecule has 1 aromatic heterocycles. The summed E-state index contributed by atoms with van der Waals surface area (Å²) in [6.45, 7) is 5.64. The number of carbonyl (C=O) groups is 1. The third-order valence-electron chi connectivity index (χ3n) is 5.51. The van der Waals surface area contributed by atoms with E-state index in [-0.39, 0.29) is 5.91 Å². The largest absolute Gasteiger partial charge is 0.496 e. The van der Waals surface area contributed by atoms with E-state index in [0.29, 0.717) is 31.3 Å². The fourth-order valence-corrected chi connectivity index (χ4v) is 3.76. The van der Waals surface area contributed by atoms with Gasteiger partial charge in [-0.2, -0.15) is 0 Å². The molecule has 0 fully saturated rings. The van der Waals surface area contributed by atoms with Crippen molar-refractivity contribution in [3.63, 3.8) is 0 Å². The first-order valence-electron chi connectivity index (χ1n) is 10.8. The van der Waals surface area contributed by atoms with Crippen LogP contribution in [0.1, 0.15) is 39.9 Å². The second-order valence-corrected chi connectivity index (χ2v) is 7.92. The van der Waals surface area contributed by atoms with Gasteiger partial charge in [0, 0.05) is 41.7 Å². The second-order valence-electron chi connectivity index (χ2n) is 7.92. The molecular formula is C25H28N4O3. The highest BCUT2D eigenvalue weighted by atomic mass is 16.5. The molecule has 6 bridgehead atoms. The SMILES string of the molecule is COc1ccc2cc1COCCCCNC(=O)c1ccc(c(C)c1)-c1nc(ncc1C)N2. The van der Waals surface area contributed by atoms with Crippen LogP contribution in [-0.2, 0) is 11.3 Å². The molecule has 0 radical (unpaired) electrons. The van der Waals surface area contributed by atoms with Gasteiger partial charge in [-0.3, -0.25) is 4.79 Å². The summed E-state index contributed by atoms with van der Waals surface area (Å²) in [6, 6.07) is 11.6. The molecule has 2 N–H and O–H groups in total. The summed E-state index contributed by atoms with van der Waals surface area (Å²) >= 11 is 0. The summed E-state index contributed by atoms with van der Waals surface area (Å²) in [6.07, 6.45) is 3.51. The van der Waals surface area contributed by atoms with E-state index in [9.17, 15) is 4.79 Å². The summed E-state index contributed by atoms with van der Waals surface area (Å²) < 4.78 is 11.3. The quantitative estimate of drug-likeness (QED) is 0.587. The van der Waals surface area contributed by atoms with Crippen LogP contribution in [0, 0.1) is 13.8 Å². The second kappa shape index (κ2) is 9.78. The van der Waals surface area contributed by atoms with Crippen LogP contribution >= 0.6 is 0 Å². The van der Waals surface area contributed by atoms with Gasteiger partial charge < -0.3 is 20.1 Å². The van der Waals surface area contributed by atoms with E-state index in [4.69, 9.17) is 14.5 Å². The van der Waals surface area contributed by atoms with E-state index in [1.54, 1.807) is 13.3 Å². The zero-order valence-corrected chi connectivity index (χ0v) is 18.7. The van der Waals surface area contributed by atoms with Crippen molar-refractivity contribution >= 4 is 17.5 Å². The maximum atomic E-state index is 12.5. The minimum atomic E-state index is -0.0685. The number of amides is 1. The predicted molar refractivity (Wildman–Crippen MR) is 124 cm³/mol. The van der Waals surface area contributed by atoms with Crippen LogP contribution in [0.15, 0.2) is 42.6 Å². The topological polar surface area (TPSA) is 85.4 Å². The Balaban J connectivity index is 1.73. The van der Waals surface area contributed by atoms with Crippen LogP contribution in [0.4, 0.5) is 11.6 Å². The number of anilines is 2. The lowest BCUT2D eigenvalue weighted by Gasteiger charge is -2.14. The Morgan fingerprint density at radius 2 is 1.94 bits per heavy atom. The molecule has 0 saturated carbocycles. The highest BCUT2D eigenvalue weighted by Gasteiger charge is 2.14. The zero-order valence-electron chi connectivity index (χ0n) is 18.7. The van der Waals surface area contributed by atoms with Gasteiger partial charge >= 0.3 is 0 Å². The maximum Gasteiger partial charge on any atom is 0.251 e. The van der Waals surface area contributed by atoms with Gasteiger partial charge in [0.15, 0.2) is 0 Å². The average molecular weight is 433 g/mol. The molecule has 0 saturated heterocycles. The summed E-state index contributed by atoms with van der Waals surface area (Å²) in [5.41, 5.74) is 6.22. The number of carbonyl (C=O) groups excluding carboxylic acids is 1. The molecule has 2 aromatic carbocycles. The van der Waals surface area contributed by atoms with E-state index in [1.165, 1.54) is 0 Å². The minimum absolute atomic E-state index is 0.0685. The van der Waals surface area contributed by atoms with Crippen LogP contribution < -0.4 is 15.4 Å². The Labute approximate surface area is 188 Å². The van der Waals surface area contributed by atoms with Gasteiger partial charge in [0.1, 0.15) is 5.75 Å². The van der Waals surface area contributed by atoms with Crippen molar-refractivity contribution in [1.29, 1.82) is 0 Å². The summed E-state index contributed by atoms with van der Waals surface area (Å²) in [4.78, 5) is 21.8. The molecule has 166 valence electrons. The van der Waals surface area contributed by atoms with Crippen LogP contribution in [0.2, 0.25) is 0 Å². The number of fused-ring (bicyclic) bond motifs is 9. The van der Waals surface area contributed by atoms with Crippen LogP contribution in [0.5, 0.6) is 5.75 Å². The Kier molecular flexibility index (Phi) is 6.66. The molecule has 3 heterocycles. The van der Waals surface area contributed by atoms with Gasteiger partial charge in [-0.15, -0.1) is 0 Å². The van der Waals surface area contributed by atoms with Crippen molar-refractivity contribution in [3.8, 4) is 17.0 Å². The molecule has 7 nitrogen and oxygen atoms in total. The Morgan fingerprint density at radius 1 is 1.06 bits per heavy atom. The molecule has 0 atom stereocenters. The number of ether oxygens (including phenoxy) is 2. The van der Waals surface area contributed by atoms with Crippen molar-refractivity contribution in [2.45, 2.75) is 33.3 Å². The molecule has 0 spiro atoms. The summed E-state index contributed by atoms with van der Waals surface area (Å²) in [7, 11) is 1.65. The molecule has 1 amide bonds. The molecule has 5 rings (SSSR count). The van der Waals surface area contributed by atoms with E-state index in [2.05, 4.69) is 15.6 Å². The van der Waals surface area contributed by atoms with Crippen LogP contribution in [0.3, 0.4) is 0 Å². The molecule has 0 aliphatic carbocycles. The molecule has 32 heavy (non-hydrogen) atoms. The van der Waals surface area contributed by atoms with Gasteiger partial charge in [-0.1, -0.05) is 6.07 Å². The number of nitrogens with one attached hydrogen (secondary N) is 2. The maximum absolute atomic E-state index is 12.5. The number of methoxy groups -OCH3 is 1. The number of nitrogens with zero attached hydrogens (tertiary/aromatic N) is 2. The number of benzene rings is 2. The standard InChI is InChI=1S/C25H28N4O3/c1-16-12-18-6-8-21(16)23-17(2)14-27-25(29-23)28-20-7-9-22(31-3)19(13-20)15-32-11-5-4-10-26-24(18)30/h6-9,12-14H,4-5,10-11,15H2,1-3H3,(H,26,30)(H,27,28,29). The third kappa shape index (κ3) is 4.89. The fraction of sp³-hybridized carbons (Fsp3) is 0.320. The number of aryl methyl sites for hydroxylation is 2. The number of rotatable bonds is 1. The summed E-state index contributed by atoms with van der Waals surface area (Å²) in [5, 5.41) is 6.29. The molecular weight excluding hydrogens is 404 g/mol. The normalized spacial score (nSPS) is 14.5. The van der Waals surface area contributed by atoms with Gasteiger partial charge in [0.25, 0.3) is 5.91 Å². The number of hydrogen-bond donors (Lipinski definition) is 2. The smallest absolute Gasteiger partial charge is 0.251 e. The first kappa shape index (κ1) is 21.8. The fourth-order valence-electron chi connectivity index (χ4n) is 3.76. The monoisotopic (exact) mass is 432 g/mol. The zero-order chi connectivity index (χ0) is 22.5. The van der Waals surface area contributed by atoms with E-state index in [0.717, 1.165) is 52.2 Å². The van der Waals surface area contributed by atoms with Gasteiger partial charge in [-0.05, 0) is 68.1 Å². The first-order valence-corrected chi connectivity index (χ1v) is 10.8. The lowest BCUT2D eigenvalue weighted by molar-refractivity contribution is 0.0945. The predicted octanol–water partition coefficient (Wildman–Crippen LogP) is 4.55. The van der Waals surface area contributed by atoms with Crippen molar-refractivity contribution in [2.24, 2.45) is 0 Å². The molecule has 2 aliphatic rings. The molecule has 2 aliphatic heterocycles. The van der Waals surface area contributed by atoms with Crippen molar-refractivity contribution in [1.82, 2.24) is 15.3 Å². The van der Waals surface area contributed by atoms with Crippen molar-refractivity contribution in [3.05, 3.63) is 64.8 Å². The Hall–Kier alpha value is -3.45. The summed E-state index contributed by atoms with van der Waals surface area (Å²) in [5.74, 6) is 1.21.